The van der Waals surface area contributed by atoms with Crippen LogP contribution in [-0.2, 0) is 6.42 Å². The molecule has 1 aromatic rings. The first-order valence-electron chi connectivity index (χ1n) is 4.40. The number of nitrogens with zero attached hydrogens (tertiary/aromatic N) is 3. The number of aromatic nitrogens is 2. The molecule has 1 aromatic heterocycles. The van der Waals surface area contributed by atoms with E-state index in [1.165, 1.54) is 0 Å². The molecule has 2 heterocycles. The Hall–Kier alpha value is -1.77. The van der Waals surface area contributed by atoms with E-state index in [-0.39, 0.29) is 0 Å². The lowest BCUT2D eigenvalue weighted by molar-refractivity contribution is 0.903. The summed E-state index contributed by atoms with van der Waals surface area (Å²) in [6, 6.07) is 0. The summed E-state index contributed by atoms with van der Waals surface area (Å²) in [5.41, 5.74) is 10.8. The normalized spacial score (nSPS) is 12.6. The first-order chi connectivity index (χ1) is 6.90. The van der Waals surface area contributed by atoms with Gasteiger partial charge in [-0.05, 0) is 6.54 Å². The van der Waals surface area contributed by atoms with Crippen LogP contribution in [0.4, 0.5) is 0 Å². The van der Waals surface area contributed by atoms with Crippen LogP contribution in [0.1, 0.15) is 17.1 Å². The molecule has 0 radical (unpaired) electrons. The number of nitrogens with two attached hydrogens (primary N) is 1. The van der Waals surface area contributed by atoms with Gasteiger partial charge in [-0.1, -0.05) is 5.73 Å². The van der Waals surface area contributed by atoms with Crippen molar-refractivity contribution in [3.8, 4) is 0 Å². The molecule has 0 spiro atoms. The van der Waals surface area contributed by atoms with Gasteiger partial charge in [0.1, 0.15) is 5.69 Å². The second-order valence-electron chi connectivity index (χ2n) is 2.89. The van der Waals surface area contributed by atoms with E-state index in [2.05, 4.69) is 20.7 Å². The smallest absolute Gasteiger partial charge is 0.108 e. The second-order valence-corrected chi connectivity index (χ2v) is 2.89. The minimum atomic E-state index is 0.584. The topological polar surface area (TPSA) is 64.2 Å². The standard InChI is InChI=1S/C10H10N4/c11-4-3-8-6-13-10-7-12-5-1-2-9(10)14-8/h2,5-7H,3-4,11H2. The average molecular weight is 186 g/mol. The molecular weight excluding hydrogens is 176 g/mol. The lowest BCUT2D eigenvalue weighted by Gasteiger charge is -2.01. The van der Waals surface area contributed by atoms with Crippen LogP contribution in [0, 0.1) is 0 Å². The molecule has 0 saturated heterocycles. The maximum atomic E-state index is 5.44. The molecule has 70 valence electrons. The van der Waals surface area contributed by atoms with Crippen molar-refractivity contribution in [2.24, 2.45) is 10.7 Å². The highest BCUT2D eigenvalue weighted by Gasteiger charge is 2.03. The Morgan fingerprint density at radius 3 is 3.14 bits per heavy atom. The molecule has 1 aliphatic heterocycles. The van der Waals surface area contributed by atoms with Gasteiger partial charge in [0, 0.05) is 18.7 Å². The maximum Gasteiger partial charge on any atom is 0.108 e. The zero-order valence-electron chi connectivity index (χ0n) is 7.64. The highest BCUT2D eigenvalue weighted by molar-refractivity contribution is 5.83. The molecule has 0 amide bonds. The summed E-state index contributed by atoms with van der Waals surface area (Å²) >= 11 is 0. The van der Waals surface area contributed by atoms with Crippen LogP contribution in [0.25, 0.3) is 6.08 Å². The summed E-state index contributed by atoms with van der Waals surface area (Å²) in [5.74, 6) is 0. The number of hydrogen-bond donors (Lipinski definition) is 1. The summed E-state index contributed by atoms with van der Waals surface area (Å²) in [4.78, 5) is 12.6. The van der Waals surface area contributed by atoms with Crippen LogP contribution in [-0.4, -0.2) is 22.7 Å². The van der Waals surface area contributed by atoms with E-state index in [9.17, 15) is 0 Å². The summed E-state index contributed by atoms with van der Waals surface area (Å²) in [5, 5.41) is 0. The molecular formula is C10H10N4. The quantitative estimate of drug-likeness (QED) is 0.685. The van der Waals surface area contributed by atoms with Gasteiger partial charge < -0.3 is 5.73 Å². The Kier molecular flexibility index (Phi) is 2.49. The van der Waals surface area contributed by atoms with Crippen molar-refractivity contribution in [3.05, 3.63) is 35.2 Å². The van der Waals surface area contributed by atoms with Crippen LogP contribution >= 0.6 is 0 Å². The largest absolute Gasteiger partial charge is 0.330 e. The maximum absolute atomic E-state index is 5.44. The van der Waals surface area contributed by atoms with Crippen LogP contribution in [0.3, 0.4) is 0 Å². The number of rotatable bonds is 2. The molecule has 4 heteroatoms. The molecule has 0 unspecified atom stereocenters. The van der Waals surface area contributed by atoms with Crippen molar-refractivity contribution in [2.75, 3.05) is 6.54 Å². The van der Waals surface area contributed by atoms with Gasteiger partial charge in [-0.15, -0.1) is 0 Å². The summed E-state index contributed by atoms with van der Waals surface area (Å²) in [6.07, 6.45) is 7.51. The Morgan fingerprint density at radius 2 is 2.29 bits per heavy atom. The zero-order valence-corrected chi connectivity index (χ0v) is 7.64. The minimum absolute atomic E-state index is 0.584. The SMILES string of the molecule is NCCc1cnc2c(n1)C=C=CN=C2. The van der Waals surface area contributed by atoms with Gasteiger partial charge in [0.05, 0.1) is 23.8 Å². The monoisotopic (exact) mass is 186 g/mol. The molecule has 14 heavy (non-hydrogen) atoms. The molecule has 0 bridgehead atoms. The molecule has 0 atom stereocenters. The van der Waals surface area contributed by atoms with Crippen LogP contribution in [0.2, 0.25) is 0 Å². The predicted octanol–water partition coefficient (Wildman–Crippen LogP) is 0.536. The third-order valence-corrected chi connectivity index (χ3v) is 1.85. The van der Waals surface area contributed by atoms with Gasteiger partial charge in [-0.2, -0.15) is 0 Å². The van der Waals surface area contributed by atoms with E-state index < -0.39 is 0 Å². The van der Waals surface area contributed by atoms with E-state index in [0.29, 0.717) is 6.54 Å². The first-order valence-corrected chi connectivity index (χ1v) is 4.40. The fourth-order valence-electron chi connectivity index (χ4n) is 1.19. The van der Waals surface area contributed by atoms with E-state index in [4.69, 9.17) is 5.73 Å². The molecule has 0 saturated carbocycles. The third-order valence-electron chi connectivity index (χ3n) is 1.85. The fourth-order valence-corrected chi connectivity index (χ4v) is 1.19. The first kappa shape index (κ1) is 8.81. The van der Waals surface area contributed by atoms with Gasteiger partial charge >= 0.3 is 0 Å². The van der Waals surface area contributed by atoms with Gasteiger partial charge in [-0.25, -0.2) is 4.98 Å². The van der Waals surface area contributed by atoms with Crippen molar-refractivity contribution in [3.63, 3.8) is 0 Å². The van der Waals surface area contributed by atoms with Crippen LogP contribution in [0.15, 0.2) is 23.1 Å². The van der Waals surface area contributed by atoms with Crippen molar-refractivity contribution in [1.82, 2.24) is 9.97 Å². The van der Waals surface area contributed by atoms with E-state index >= 15 is 0 Å². The van der Waals surface area contributed by atoms with Crippen molar-refractivity contribution >= 4 is 12.3 Å². The molecule has 2 rings (SSSR count). The lowest BCUT2D eigenvalue weighted by atomic mass is 10.2. The van der Waals surface area contributed by atoms with Crippen molar-refractivity contribution < 1.29 is 0 Å². The number of hydrogen-bond acceptors (Lipinski definition) is 4. The molecule has 0 fully saturated rings. The summed E-state index contributed by atoms with van der Waals surface area (Å²) < 4.78 is 0. The molecule has 2 N–H and O–H groups in total. The van der Waals surface area contributed by atoms with Crippen molar-refractivity contribution in [1.29, 1.82) is 0 Å². The lowest BCUT2D eigenvalue weighted by Crippen LogP contribution is -2.07. The van der Waals surface area contributed by atoms with Gasteiger partial charge in [-0.3, -0.25) is 9.98 Å². The molecule has 4 nitrogen and oxygen atoms in total. The molecule has 0 aromatic carbocycles. The second kappa shape index (κ2) is 3.96. The third kappa shape index (κ3) is 1.76. The van der Waals surface area contributed by atoms with Gasteiger partial charge in [0.2, 0.25) is 0 Å². The molecule has 0 aliphatic carbocycles. The highest BCUT2D eigenvalue weighted by Crippen LogP contribution is 2.06. The fraction of sp³-hybridized carbons (Fsp3) is 0.200. The Morgan fingerprint density at radius 1 is 1.36 bits per heavy atom. The number of aliphatic imine (C=N–C) groups is 1. The van der Waals surface area contributed by atoms with E-state index in [0.717, 1.165) is 23.5 Å². The van der Waals surface area contributed by atoms with Crippen molar-refractivity contribution in [2.45, 2.75) is 6.42 Å². The van der Waals surface area contributed by atoms with Gasteiger partial charge in [0.25, 0.3) is 0 Å². The van der Waals surface area contributed by atoms with E-state index in [1.807, 2.05) is 0 Å². The Bertz CT molecular complexity index is 428. The predicted molar refractivity (Wildman–Crippen MR) is 54.9 cm³/mol. The van der Waals surface area contributed by atoms with Crippen LogP contribution < -0.4 is 5.73 Å². The van der Waals surface area contributed by atoms with Gasteiger partial charge in [0.15, 0.2) is 0 Å². The van der Waals surface area contributed by atoms with E-state index in [1.54, 1.807) is 24.7 Å². The minimum Gasteiger partial charge on any atom is -0.330 e. The zero-order chi connectivity index (χ0) is 9.80. The Balaban J connectivity index is 2.43. The number of fused-ring (bicyclic) bond motifs is 1. The molecule has 1 aliphatic rings. The Labute approximate surface area is 81.9 Å². The average Bonchev–Trinajstić information content (AvgIpc) is 2.42. The highest BCUT2D eigenvalue weighted by atomic mass is 14.8. The van der Waals surface area contributed by atoms with Crippen LogP contribution in [0.5, 0.6) is 0 Å². The summed E-state index contributed by atoms with van der Waals surface area (Å²) in [7, 11) is 0. The summed E-state index contributed by atoms with van der Waals surface area (Å²) in [6.45, 7) is 0.584.